The molecular weight excluding hydrogens is 306 g/mol. The van der Waals surface area contributed by atoms with E-state index in [1.165, 1.54) is 13.3 Å². The summed E-state index contributed by atoms with van der Waals surface area (Å²) in [4.78, 5) is 24.6. The molecule has 24 heavy (non-hydrogen) atoms. The van der Waals surface area contributed by atoms with Gasteiger partial charge in [0.15, 0.2) is 5.78 Å². The van der Waals surface area contributed by atoms with Crippen molar-refractivity contribution in [2.24, 2.45) is 0 Å². The van der Waals surface area contributed by atoms with Gasteiger partial charge in [-0.25, -0.2) is 9.48 Å². The van der Waals surface area contributed by atoms with Crippen LogP contribution in [0.25, 0.3) is 0 Å². The Hall–Kier alpha value is -2.89. The number of anilines is 1. The van der Waals surface area contributed by atoms with Crippen LogP contribution in [0.3, 0.4) is 0 Å². The fourth-order valence-corrected chi connectivity index (χ4v) is 3.46. The molecule has 6 nitrogen and oxygen atoms in total. The molecule has 1 atom stereocenters. The van der Waals surface area contributed by atoms with E-state index in [0.29, 0.717) is 17.8 Å². The van der Waals surface area contributed by atoms with Crippen LogP contribution in [0.15, 0.2) is 47.8 Å². The van der Waals surface area contributed by atoms with Gasteiger partial charge in [-0.1, -0.05) is 30.3 Å². The van der Waals surface area contributed by atoms with Crippen LogP contribution in [-0.2, 0) is 9.53 Å². The van der Waals surface area contributed by atoms with Crippen LogP contribution in [0.2, 0.25) is 0 Å². The molecule has 4 rings (SSSR count). The van der Waals surface area contributed by atoms with E-state index >= 15 is 0 Å². The normalized spacial score (nSPS) is 19.4. The van der Waals surface area contributed by atoms with Crippen LogP contribution < -0.4 is 5.32 Å². The number of aromatic nitrogens is 2. The number of hydrogen-bond donors (Lipinski definition) is 1. The van der Waals surface area contributed by atoms with Crippen molar-refractivity contribution in [3.63, 3.8) is 0 Å². The molecule has 2 heterocycles. The highest BCUT2D eigenvalue weighted by Crippen LogP contribution is 2.41. The van der Waals surface area contributed by atoms with Crippen molar-refractivity contribution >= 4 is 17.6 Å². The highest BCUT2D eigenvalue weighted by atomic mass is 16.5. The number of ketones is 1. The average molecular weight is 323 g/mol. The lowest BCUT2D eigenvalue weighted by molar-refractivity contribution is -0.116. The number of benzene rings is 1. The van der Waals surface area contributed by atoms with Crippen LogP contribution in [-0.4, -0.2) is 28.6 Å². The summed E-state index contributed by atoms with van der Waals surface area (Å²) in [6, 6.07) is 9.46. The van der Waals surface area contributed by atoms with E-state index in [-0.39, 0.29) is 11.8 Å². The minimum atomic E-state index is -0.443. The quantitative estimate of drug-likeness (QED) is 0.860. The van der Waals surface area contributed by atoms with Crippen LogP contribution in [0.5, 0.6) is 0 Å². The number of methoxy groups -OCH3 is 1. The van der Waals surface area contributed by atoms with Crippen molar-refractivity contribution in [3.8, 4) is 0 Å². The third kappa shape index (κ3) is 2.14. The number of Topliss-reactive ketones (excluding diaryl/α,β-unsaturated/α-hetero) is 1. The fourth-order valence-electron chi connectivity index (χ4n) is 3.46. The number of nitrogens with one attached hydrogen (secondary N) is 1. The first-order valence-corrected chi connectivity index (χ1v) is 7.94. The SMILES string of the molecule is COC(=O)c1cnn2c1NC1=C(C(=O)CCC1)[C@@H]2c1ccccc1. The Labute approximate surface area is 139 Å². The number of allylic oxidation sites excluding steroid dienone is 2. The molecule has 0 fully saturated rings. The molecule has 1 aromatic heterocycles. The second-order valence-corrected chi connectivity index (χ2v) is 5.95. The Balaban J connectivity index is 1.92. The standard InChI is InChI=1S/C18H17N3O3/c1-24-18(23)12-10-19-21-16(11-6-3-2-4-7-11)15-13(20-17(12)21)8-5-9-14(15)22/h2-4,6-7,10,16,20H,5,8-9H2,1H3/t16-/m0/s1. The Kier molecular flexibility index (Phi) is 3.45. The van der Waals surface area contributed by atoms with Gasteiger partial charge in [-0.2, -0.15) is 5.10 Å². The Morgan fingerprint density at radius 1 is 1.29 bits per heavy atom. The topological polar surface area (TPSA) is 73.2 Å². The summed E-state index contributed by atoms with van der Waals surface area (Å²) in [5.74, 6) is 0.282. The molecule has 0 saturated carbocycles. The first-order valence-electron chi connectivity index (χ1n) is 7.94. The molecule has 0 bridgehead atoms. The molecule has 1 aliphatic heterocycles. The zero-order chi connectivity index (χ0) is 16.7. The van der Waals surface area contributed by atoms with Crippen molar-refractivity contribution in [3.05, 3.63) is 58.9 Å². The molecule has 2 aromatic rings. The largest absolute Gasteiger partial charge is 0.465 e. The molecular formula is C18H17N3O3. The lowest BCUT2D eigenvalue weighted by Crippen LogP contribution is -2.31. The first-order chi connectivity index (χ1) is 11.7. The summed E-state index contributed by atoms with van der Waals surface area (Å²) in [5, 5.41) is 7.63. The highest BCUT2D eigenvalue weighted by Gasteiger charge is 2.37. The molecule has 122 valence electrons. The third-order valence-electron chi connectivity index (χ3n) is 4.56. The summed E-state index contributed by atoms with van der Waals surface area (Å²) in [7, 11) is 1.35. The second kappa shape index (κ2) is 5.63. The fraction of sp³-hybridized carbons (Fsp3) is 0.278. The van der Waals surface area contributed by atoms with Crippen molar-refractivity contribution in [2.75, 3.05) is 12.4 Å². The van der Waals surface area contributed by atoms with Crippen molar-refractivity contribution in [1.82, 2.24) is 9.78 Å². The van der Waals surface area contributed by atoms with E-state index in [0.717, 1.165) is 29.7 Å². The summed E-state index contributed by atoms with van der Waals surface area (Å²) in [6.07, 6.45) is 3.64. The number of carbonyl (C=O) groups excluding carboxylic acids is 2. The van der Waals surface area contributed by atoms with Crippen molar-refractivity contribution in [1.29, 1.82) is 0 Å². The minimum absolute atomic E-state index is 0.137. The Morgan fingerprint density at radius 3 is 2.83 bits per heavy atom. The van der Waals surface area contributed by atoms with Gasteiger partial charge in [-0.05, 0) is 18.4 Å². The van der Waals surface area contributed by atoms with E-state index in [1.807, 2.05) is 30.3 Å². The van der Waals surface area contributed by atoms with E-state index in [2.05, 4.69) is 10.4 Å². The molecule has 1 aliphatic carbocycles. The lowest BCUT2D eigenvalue weighted by Gasteiger charge is -2.33. The maximum absolute atomic E-state index is 12.6. The summed E-state index contributed by atoms with van der Waals surface area (Å²) in [5.41, 5.74) is 2.99. The third-order valence-corrected chi connectivity index (χ3v) is 4.56. The van der Waals surface area contributed by atoms with Crippen LogP contribution in [0.4, 0.5) is 5.82 Å². The van der Waals surface area contributed by atoms with Gasteiger partial charge in [0, 0.05) is 17.7 Å². The van der Waals surface area contributed by atoms with Gasteiger partial charge in [-0.3, -0.25) is 4.79 Å². The molecule has 0 saturated heterocycles. The zero-order valence-electron chi connectivity index (χ0n) is 13.3. The van der Waals surface area contributed by atoms with Crippen LogP contribution >= 0.6 is 0 Å². The van der Waals surface area contributed by atoms with Gasteiger partial charge in [0.2, 0.25) is 0 Å². The predicted octanol–water partition coefficient (Wildman–Crippen LogP) is 2.69. The van der Waals surface area contributed by atoms with Crippen molar-refractivity contribution < 1.29 is 14.3 Å². The number of carbonyl (C=O) groups is 2. The van der Waals surface area contributed by atoms with Crippen molar-refractivity contribution in [2.45, 2.75) is 25.3 Å². The molecule has 1 N–H and O–H groups in total. The van der Waals surface area contributed by atoms with Gasteiger partial charge < -0.3 is 10.1 Å². The second-order valence-electron chi connectivity index (χ2n) is 5.95. The number of fused-ring (bicyclic) bond motifs is 1. The Bertz CT molecular complexity index is 852. The van der Waals surface area contributed by atoms with Crippen LogP contribution in [0.1, 0.15) is 41.2 Å². The zero-order valence-corrected chi connectivity index (χ0v) is 13.3. The molecule has 0 spiro atoms. The minimum Gasteiger partial charge on any atom is -0.465 e. The Morgan fingerprint density at radius 2 is 2.08 bits per heavy atom. The van der Waals surface area contributed by atoms with Gasteiger partial charge >= 0.3 is 5.97 Å². The summed E-state index contributed by atoms with van der Waals surface area (Å²) in [6.45, 7) is 0. The number of esters is 1. The van der Waals surface area contributed by atoms with E-state index in [9.17, 15) is 9.59 Å². The average Bonchev–Trinajstić information content (AvgIpc) is 3.04. The first kappa shape index (κ1) is 14.7. The molecule has 0 unspecified atom stereocenters. The van der Waals surface area contributed by atoms with Gasteiger partial charge in [-0.15, -0.1) is 0 Å². The summed E-state index contributed by atoms with van der Waals surface area (Å²) < 4.78 is 6.56. The number of rotatable bonds is 2. The maximum atomic E-state index is 12.6. The van der Waals surface area contributed by atoms with E-state index in [4.69, 9.17) is 4.74 Å². The predicted molar refractivity (Wildman–Crippen MR) is 87.7 cm³/mol. The van der Waals surface area contributed by atoms with Gasteiger partial charge in [0.05, 0.1) is 13.3 Å². The smallest absolute Gasteiger partial charge is 0.343 e. The van der Waals surface area contributed by atoms with Gasteiger partial charge in [0.1, 0.15) is 17.4 Å². The number of ether oxygens (including phenoxy) is 1. The lowest BCUT2D eigenvalue weighted by atomic mass is 9.85. The molecule has 6 heteroatoms. The summed E-state index contributed by atoms with van der Waals surface area (Å²) >= 11 is 0. The molecule has 2 aliphatic rings. The number of nitrogens with zero attached hydrogens (tertiary/aromatic N) is 2. The molecule has 0 radical (unpaired) electrons. The van der Waals surface area contributed by atoms with E-state index in [1.54, 1.807) is 4.68 Å². The monoisotopic (exact) mass is 323 g/mol. The van der Waals surface area contributed by atoms with E-state index < -0.39 is 5.97 Å². The maximum Gasteiger partial charge on any atom is 0.343 e. The molecule has 1 aromatic carbocycles. The number of hydrogen-bond acceptors (Lipinski definition) is 5. The highest BCUT2D eigenvalue weighted by molar-refractivity contribution is 6.01. The van der Waals surface area contributed by atoms with Crippen LogP contribution in [0, 0.1) is 0 Å². The molecule has 0 amide bonds. The van der Waals surface area contributed by atoms with Gasteiger partial charge in [0.25, 0.3) is 0 Å².